The van der Waals surface area contributed by atoms with E-state index in [1.807, 2.05) is 6.08 Å². The summed E-state index contributed by atoms with van der Waals surface area (Å²) in [6.07, 6.45) is 25.4. The summed E-state index contributed by atoms with van der Waals surface area (Å²) < 4.78 is 25.9. The third kappa shape index (κ3) is 22.3. The summed E-state index contributed by atoms with van der Waals surface area (Å²) in [5.41, 5.74) is 5.19. The van der Waals surface area contributed by atoms with Gasteiger partial charge in [-0.15, -0.1) is 0 Å². The van der Waals surface area contributed by atoms with Crippen LogP contribution in [0.15, 0.2) is 48.6 Å². The molecule has 0 fully saturated rings. The second-order valence-corrected chi connectivity index (χ2v) is 9.11. The number of hydrogen-bond acceptors (Lipinski definition) is 7. The van der Waals surface area contributed by atoms with E-state index in [1.54, 1.807) is 0 Å². The van der Waals surface area contributed by atoms with Crippen molar-refractivity contribution >= 4 is 13.8 Å². The minimum Gasteiger partial charge on any atom is -0.457 e. The number of rotatable bonds is 22. The summed E-state index contributed by atoms with van der Waals surface area (Å²) in [7, 11) is -4.28. The van der Waals surface area contributed by atoms with Crippen molar-refractivity contribution in [1.82, 2.24) is 0 Å². The molecule has 0 aliphatic heterocycles. The van der Waals surface area contributed by atoms with Crippen molar-refractivity contribution < 1.29 is 33.1 Å². The molecule has 0 heterocycles. The number of esters is 1. The van der Waals surface area contributed by atoms with Gasteiger partial charge in [-0.05, 0) is 44.9 Å². The molecule has 0 aromatic carbocycles. The molecule has 0 aromatic heterocycles. The zero-order valence-electron chi connectivity index (χ0n) is 20.6. The highest BCUT2D eigenvalue weighted by molar-refractivity contribution is 7.47. The van der Waals surface area contributed by atoms with E-state index in [9.17, 15) is 19.4 Å². The maximum atomic E-state index is 11.9. The van der Waals surface area contributed by atoms with E-state index >= 15 is 0 Å². The Kier molecular flexibility index (Phi) is 22.2. The number of nitrogens with two attached hydrogens (primary N) is 1. The smallest absolute Gasteiger partial charge is 0.457 e. The van der Waals surface area contributed by atoms with Gasteiger partial charge in [-0.25, -0.2) is 4.57 Å². The van der Waals surface area contributed by atoms with Crippen molar-refractivity contribution in [2.75, 3.05) is 26.4 Å². The fourth-order valence-electron chi connectivity index (χ4n) is 2.68. The molecule has 0 aliphatic carbocycles. The number of phosphoric acid groups is 1. The van der Waals surface area contributed by atoms with Crippen molar-refractivity contribution in [3.8, 4) is 0 Å². The van der Waals surface area contributed by atoms with Crippen LogP contribution in [0.5, 0.6) is 0 Å². The van der Waals surface area contributed by atoms with Crippen LogP contribution in [-0.4, -0.2) is 48.4 Å². The van der Waals surface area contributed by atoms with Gasteiger partial charge in [-0.1, -0.05) is 68.4 Å². The van der Waals surface area contributed by atoms with Gasteiger partial charge in [0.05, 0.1) is 19.8 Å². The van der Waals surface area contributed by atoms with Crippen LogP contribution in [0.3, 0.4) is 0 Å². The van der Waals surface area contributed by atoms with Crippen LogP contribution in [0.25, 0.3) is 0 Å². The molecule has 0 saturated heterocycles. The number of carbonyl (C=O) groups is 1. The fraction of sp³-hybridized carbons (Fsp3) is 0.640. The second kappa shape index (κ2) is 23.2. The number of allylic oxidation sites excluding steroid dienone is 8. The molecule has 34 heavy (non-hydrogen) atoms. The van der Waals surface area contributed by atoms with E-state index in [1.165, 1.54) is 25.7 Å². The fourth-order valence-corrected chi connectivity index (χ4v) is 3.44. The molecule has 0 spiro atoms. The summed E-state index contributed by atoms with van der Waals surface area (Å²) >= 11 is 0. The summed E-state index contributed by atoms with van der Waals surface area (Å²) in [5.74, 6) is -0.505. The number of aliphatic hydroxyl groups excluding tert-OH is 1. The Morgan fingerprint density at radius 1 is 0.912 bits per heavy atom. The number of aliphatic hydroxyl groups is 1. The molecule has 2 atom stereocenters. The van der Waals surface area contributed by atoms with Crippen molar-refractivity contribution in [1.29, 1.82) is 0 Å². The quantitative estimate of drug-likeness (QED) is 0.0806. The predicted octanol–water partition coefficient (Wildman–Crippen LogP) is 5.13. The molecule has 4 N–H and O–H groups in total. The van der Waals surface area contributed by atoms with E-state index < -0.39 is 33.1 Å². The normalized spacial score (nSPS) is 15.1. The van der Waals surface area contributed by atoms with Gasteiger partial charge < -0.3 is 20.5 Å². The third-order valence-corrected chi connectivity index (χ3v) is 5.49. The highest BCUT2D eigenvalue weighted by Crippen LogP contribution is 2.42. The summed E-state index contributed by atoms with van der Waals surface area (Å²) in [6, 6.07) is 0. The van der Waals surface area contributed by atoms with E-state index in [2.05, 4.69) is 54.0 Å². The summed E-state index contributed by atoms with van der Waals surface area (Å²) in [6.45, 7) is 1.16. The average molecular weight is 502 g/mol. The Morgan fingerprint density at radius 2 is 1.47 bits per heavy atom. The Bertz CT molecular complexity index is 662. The van der Waals surface area contributed by atoms with Crippen molar-refractivity contribution in [2.45, 2.75) is 77.2 Å². The topological polar surface area (TPSA) is 128 Å². The molecule has 0 rings (SSSR count). The van der Waals surface area contributed by atoms with Crippen molar-refractivity contribution in [2.24, 2.45) is 5.73 Å². The Hall–Kier alpha value is -1.54. The van der Waals surface area contributed by atoms with Gasteiger partial charge in [0, 0.05) is 13.0 Å². The number of hydrogen-bond donors (Lipinski definition) is 3. The van der Waals surface area contributed by atoms with Gasteiger partial charge in [0.25, 0.3) is 0 Å². The van der Waals surface area contributed by atoms with Gasteiger partial charge in [0.2, 0.25) is 0 Å². The number of unbranched alkanes of at least 4 members (excludes halogenated alkanes) is 4. The molecule has 0 bridgehead atoms. The molecular formula is C25H44NO7P. The average Bonchev–Trinajstić information content (AvgIpc) is 2.82. The van der Waals surface area contributed by atoms with Crippen molar-refractivity contribution in [3.63, 3.8) is 0 Å². The first-order chi connectivity index (χ1) is 16.4. The highest BCUT2D eigenvalue weighted by atomic mass is 31.2. The molecule has 0 radical (unpaired) electrons. The first kappa shape index (κ1) is 32.5. The maximum Gasteiger partial charge on any atom is 0.472 e. The third-order valence-electron chi connectivity index (χ3n) is 4.51. The summed E-state index contributed by atoms with van der Waals surface area (Å²) in [4.78, 5) is 21.3. The molecule has 196 valence electrons. The lowest BCUT2D eigenvalue weighted by Crippen LogP contribution is -2.27. The predicted molar refractivity (Wildman–Crippen MR) is 136 cm³/mol. The van der Waals surface area contributed by atoms with Crippen LogP contribution in [0.2, 0.25) is 0 Å². The van der Waals surface area contributed by atoms with E-state index in [-0.39, 0.29) is 19.6 Å². The molecule has 0 aromatic rings. The van der Waals surface area contributed by atoms with Gasteiger partial charge in [0.15, 0.2) is 0 Å². The molecule has 0 aliphatic rings. The van der Waals surface area contributed by atoms with E-state index in [4.69, 9.17) is 15.0 Å². The van der Waals surface area contributed by atoms with Gasteiger partial charge in [-0.3, -0.25) is 13.8 Å². The number of ether oxygens (including phenoxy) is 1. The standard InChI is InChI=1S/C25H44NO7P/c1-2-3-4-5-6-7-8-9-10-11-12-13-14-15-16-17-18-19-25(28)33-24(22-27)23-32-34(29,30)31-21-20-26/h6-7,9-10,12-13,15-16,24,27H,2-5,8,11,14,17-23,26H2,1H3,(H,29,30)/t24-/m0/s1. The van der Waals surface area contributed by atoms with Crippen molar-refractivity contribution in [3.05, 3.63) is 48.6 Å². The van der Waals surface area contributed by atoms with Crippen LogP contribution < -0.4 is 5.73 Å². The van der Waals surface area contributed by atoms with Crippen LogP contribution in [-0.2, 0) is 23.1 Å². The SMILES string of the molecule is CCCCCC=CCC=CCC=CCC=CCCCC(=O)O[C@@H](CO)COP(=O)(O)OCCN. The van der Waals surface area contributed by atoms with Gasteiger partial charge >= 0.3 is 13.8 Å². The van der Waals surface area contributed by atoms with Gasteiger partial charge in [-0.2, -0.15) is 0 Å². The number of phosphoric ester groups is 1. The van der Waals surface area contributed by atoms with Crippen LogP contribution in [0.1, 0.15) is 71.1 Å². The number of carbonyl (C=O) groups excluding carboxylic acids is 1. The largest absolute Gasteiger partial charge is 0.472 e. The van der Waals surface area contributed by atoms with E-state index in [0.717, 1.165) is 25.7 Å². The molecule has 8 nitrogen and oxygen atoms in total. The molecule has 9 heteroatoms. The monoisotopic (exact) mass is 501 g/mol. The lowest BCUT2D eigenvalue weighted by molar-refractivity contribution is -0.153. The first-order valence-electron chi connectivity index (χ1n) is 12.2. The maximum absolute atomic E-state index is 11.9. The first-order valence-corrected chi connectivity index (χ1v) is 13.7. The highest BCUT2D eigenvalue weighted by Gasteiger charge is 2.24. The van der Waals surface area contributed by atoms with Crippen LogP contribution in [0, 0.1) is 0 Å². The minimum atomic E-state index is -4.28. The van der Waals surface area contributed by atoms with Gasteiger partial charge in [0.1, 0.15) is 6.10 Å². The van der Waals surface area contributed by atoms with Crippen LogP contribution >= 0.6 is 7.82 Å². The Morgan fingerprint density at radius 3 is 2.00 bits per heavy atom. The lowest BCUT2D eigenvalue weighted by atomic mass is 10.2. The lowest BCUT2D eigenvalue weighted by Gasteiger charge is -2.17. The Balaban J connectivity index is 3.82. The molecule has 0 amide bonds. The minimum absolute atomic E-state index is 0.0613. The van der Waals surface area contributed by atoms with E-state index in [0.29, 0.717) is 6.42 Å². The Labute approximate surface area is 205 Å². The molecule has 1 unspecified atom stereocenters. The second-order valence-electron chi connectivity index (χ2n) is 7.66. The molecular weight excluding hydrogens is 457 g/mol. The van der Waals surface area contributed by atoms with Crippen LogP contribution in [0.4, 0.5) is 0 Å². The zero-order chi connectivity index (χ0) is 25.3. The summed E-state index contributed by atoms with van der Waals surface area (Å²) in [5, 5.41) is 9.25. The molecule has 0 saturated carbocycles. The zero-order valence-corrected chi connectivity index (χ0v) is 21.5.